The van der Waals surface area contributed by atoms with Crippen LogP contribution in [-0.2, 0) is 4.79 Å². The van der Waals surface area contributed by atoms with Gasteiger partial charge >= 0.3 is 0 Å². The quantitative estimate of drug-likeness (QED) is 0.494. The van der Waals surface area contributed by atoms with Crippen LogP contribution in [-0.4, -0.2) is 23.7 Å². The maximum absolute atomic E-state index is 11.7. The number of nitrogens with one attached hydrogen (secondary N) is 2. The number of rotatable bonds is 5. The van der Waals surface area contributed by atoms with Crippen molar-refractivity contribution in [3.05, 3.63) is 63.7 Å². The van der Waals surface area contributed by atoms with Gasteiger partial charge in [0.1, 0.15) is 5.75 Å². The van der Waals surface area contributed by atoms with E-state index in [1.165, 1.54) is 0 Å². The van der Waals surface area contributed by atoms with Crippen LogP contribution in [0.5, 0.6) is 5.75 Å². The van der Waals surface area contributed by atoms with E-state index in [1.54, 1.807) is 30.5 Å². The van der Waals surface area contributed by atoms with Gasteiger partial charge in [0, 0.05) is 32.2 Å². The highest BCUT2D eigenvalue weighted by molar-refractivity contribution is 9.10. The summed E-state index contributed by atoms with van der Waals surface area (Å²) < 4.78 is 6.31. The number of fused-ring (bicyclic) bond motifs is 1. The zero-order chi connectivity index (χ0) is 16.9. The van der Waals surface area contributed by atoms with Crippen molar-refractivity contribution in [1.82, 2.24) is 10.4 Å². The molecular weight excluding hydrogens is 394 g/mol. The van der Waals surface area contributed by atoms with Crippen LogP contribution in [0.1, 0.15) is 5.56 Å². The summed E-state index contributed by atoms with van der Waals surface area (Å²) in [6.07, 6.45) is 3.41. The Balaban J connectivity index is 1.57. The Morgan fingerprint density at radius 1 is 1.33 bits per heavy atom. The Morgan fingerprint density at radius 2 is 2.21 bits per heavy atom. The minimum Gasteiger partial charge on any atom is -0.484 e. The van der Waals surface area contributed by atoms with Crippen molar-refractivity contribution in [1.29, 1.82) is 0 Å². The topological polar surface area (TPSA) is 66.5 Å². The van der Waals surface area contributed by atoms with Gasteiger partial charge in [0.15, 0.2) is 6.61 Å². The number of H-pyrrole nitrogens is 1. The number of hydrazone groups is 1. The highest BCUT2D eigenvalue weighted by Gasteiger charge is 2.04. The Hall–Kier alpha value is -2.31. The lowest BCUT2D eigenvalue weighted by Gasteiger charge is -2.04. The van der Waals surface area contributed by atoms with Crippen LogP contribution in [0.15, 0.2) is 58.2 Å². The van der Waals surface area contributed by atoms with Crippen molar-refractivity contribution in [2.75, 3.05) is 6.61 Å². The Bertz CT molecular complexity index is 908. The highest BCUT2D eigenvalue weighted by atomic mass is 79.9. The second-order valence-electron chi connectivity index (χ2n) is 4.97. The van der Waals surface area contributed by atoms with Crippen LogP contribution in [0.2, 0.25) is 5.02 Å². The molecule has 1 aromatic heterocycles. The predicted octanol–water partition coefficient (Wildman–Crippen LogP) is 4.11. The number of halogens is 2. The molecule has 24 heavy (non-hydrogen) atoms. The second kappa shape index (κ2) is 7.51. The average molecular weight is 407 g/mol. The fraction of sp³-hybridized carbons (Fsp3) is 0.0588. The van der Waals surface area contributed by atoms with Gasteiger partial charge in [0.05, 0.1) is 6.21 Å². The molecule has 0 bridgehead atoms. The average Bonchev–Trinajstić information content (AvgIpc) is 2.95. The van der Waals surface area contributed by atoms with E-state index >= 15 is 0 Å². The van der Waals surface area contributed by atoms with Crippen molar-refractivity contribution in [3.63, 3.8) is 0 Å². The van der Waals surface area contributed by atoms with E-state index in [0.717, 1.165) is 20.9 Å². The fourth-order valence-corrected chi connectivity index (χ4v) is 2.67. The molecule has 0 saturated heterocycles. The second-order valence-corrected chi connectivity index (χ2v) is 6.33. The Kier molecular flexibility index (Phi) is 5.17. The summed E-state index contributed by atoms with van der Waals surface area (Å²) >= 11 is 9.29. The predicted molar refractivity (Wildman–Crippen MR) is 98.7 cm³/mol. The molecular formula is C17H13BrClN3O2. The monoisotopic (exact) mass is 405 g/mol. The molecule has 122 valence electrons. The van der Waals surface area contributed by atoms with Gasteiger partial charge in [-0.15, -0.1) is 0 Å². The molecule has 0 spiro atoms. The first-order valence-corrected chi connectivity index (χ1v) is 8.26. The van der Waals surface area contributed by atoms with E-state index in [-0.39, 0.29) is 12.5 Å². The van der Waals surface area contributed by atoms with Crippen molar-refractivity contribution in [2.45, 2.75) is 0 Å². The van der Waals surface area contributed by atoms with Crippen LogP contribution in [0.25, 0.3) is 10.9 Å². The lowest BCUT2D eigenvalue weighted by Crippen LogP contribution is -2.24. The summed E-state index contributed by atoms with van der Waals surface area (Å²) in [5.41, 5.74) is 4.30. The van der Waals surface area contributed by atoms with Gasteiger partial charge in [0.25, 0.3) is 5.91 Å². The van der Waals surface area contributed by atoms with E-state index < -0.39 is 0 Å². The number of ether oxygens (including phenoxy) is 1. The Morgan fingerprint density at radius 3 is 3.04 bits per heavy atom. The number of aromatic nitrogens is 1. The number of benzene rings is 2. The summed E-state index contributed by atoms with van der Waals surface area (Å²) in [5.74, 6) is 0.176. The highest BCUT2D eigenvalue weighted by Crippen LogP contribution is 2.21. The smallest absolute Gasteiger partial charge is 0.277 e. The number of carbonyl (C=O) groups is 1. The summed E-state index contributed by atoms with van der Waals surface area (Å²) in [5, 5.41) is 5.52. The molecule has 0 aliphatic rings. The van der Waals surface area contributed by atoms with Gasteiger partial charge < -0.3 is 9.72 Å². The molecule has 1 amide bonds. The first kappa shape index (κ1) is 16.5. The van der Waals surface area contributed by atoms with Crippen molar-refractivity contribution in [2.24, 2.45) is 5.10 Å². The molecule has 0 aliphatic carbocycles. The third-order valence-electron chi connectivity index (χ3n) is 3.23. The molecule has 0 atom stereocenters. The molecule has 7 heteroatoms. The van der Waals surface area contributed by atoms with Crippen molar-refractivity contribution >= 4 is 50.6 Å². The normalized spacial score (nSPS) is 11.1. The molecule has 0 aliphatic heterocycles. The number of carbonyl (C=O) groups excluding carboxylic acids is 1. The van der Waals surface area contributed by atoms with Gasteiger partial charge in [-0.1, -0.05) is 33.6 Å². The summed E-state index contributed by atoms with van der Waals surface area (Å²) in [6, 6.07) is 12.8. The largest absolute Gasteiger partial charge is 0.484 e. The molecule has 0 unspecified atom stereocenters. The van der Waals surface area contributed by atoms with E-state index in [9.17, 15) is 4.79 Å². The van der Waals surface area contributed by atoms with Crippen LogP contribution >= 0.6 is 27.5 Å². The molecule has 0 fully saturated rings. The van der Waals surface area contributed by atoms with Crippen LogP contribution in [0.4, 0.5) is 0 Å². The molecule has 3 aromatic rings. The summed E-state index contributed by atoms with van der Waals surface area (Å²) in [7, 11) is 0. The van der Waals surface area contributed by atoms with Crippen molar-refractivity contribution in [3.8, 4) is 5.75 Å². The standard InChI is InChI=1S/C17H13BrClN3O2/c18-12-4-5-16-15(6-12)11(8-20-16)9-21-22-17(23)10-24-14-3-1-2-13(19)7-14/h1-9,20H,10H2,(H,22,23)/b21-9-. The number of aromatic amines is 1. The first-order chi connectivity index (χ1) is 11.6. The lowest BCUT2D eigenvalue weighted by atomic mass is 10.2. The number of hydrogen-bond donors (Lipinski definition) is 2. The van der Waals surface area contributed by atoms with E-state index in [4.69, 9.17) is 16.3 Å². The number of amides is 1. The van der Waals surface area contributed by atoms with Gasteiger partial charge in [-0.05, 0) is 36.4 Å². The van der Waals surface area contributed by atoms with E-state index in [1.807, 2.05) is 24.4 Å². The minimum atomic E-state index is -0.354. The fourth-order valence-electron chi connectivity index (χ4n) is 2.13. The number of nitrogens with zero attached hydrogens (tertiary/aromatic N) is 1. The Labute approximate surface area is 151 Å². The third kappa shape index (κ3) is 4.15. The zero-order valence-corrected chi connectivity index (χ0v) is 14.8. The molecule has 2 N–H and O–H groups in total. The maximum atomic E-state index is 11.7. The maximum Gasteiger partial charge on any atom is 0.277 e. The first-order valence-electron chi connectivity index (χ1n) is 7.09. The summed E-state index contributed by atoms with van der Waals surface area (Å²) in [4.78, 5) is 14.9. The van der Waals surface area contributed by atoms with Gasteiger partial charge in [0.2, 0.25) is 0 Å². The van der Waals surface area contributed by atoms with Crippen LogP contribution in [0.3, 0.4) is 0 Å². The number of hydrogen-bond acceptors (Lipinski definition) is 3. The minimum absolute atomic E-state index is 0.142. The van der Waals surface area contributed by atoms with Crippen molar-refractivity contribution < 1.29 is 9.53 Å². The van der Waals surface area contributed by atoms with Gasteiger partial charge in [-0.3, -0.25) is 4.79 Å². The zero-order valence-electron chi connectivity index (χ0n) is 12.4. The summed E-state index contributed by atoms with van der Waals surface area (Å²) in [6.45, 7) is -0.142. The van der Waals surface area contributed by atoms with Crippen LogP contribution in [0, 0.1) is 0 Å². The molecule has 1 heterocycles. The molecule has 0 radical (unpaired) electrons. The molecule has 2 aromatic carbocycles. The third-order valence-corrected chi connectivity index (χ3v) is 3.96. The van der Waals surface area contributed by atoms with Gasteiger partial charge in [-0.25, -0.2) is 5.43 Å². The molecule has 3 rings (SSSR count). The van der Waals surface area contributed by atoms with Crippen LogP contribution < -0.4 is 10.2 Å². The van der Waals surface area contributed by atoms with E-state index in [2.05, 4.69) is 31.4 Å². The van der Waals surface area contributed by atoms with Gasteiger partial charge in [-0.2, -0.15) is 5.10 Å². The van der Waals surface area contributed by atoms with E-state index in [0.29, 0.717) is 10.8 Å². The SMILES string of the molecule is O=C(COc1cccc(Cl)c1)N/N=C\c1c[nH]c2ccc(Br)cc12. The molecule has 5 nitrogen and oxygen atoms in total. The lowest BCUT2D eigenvalue weighted by molar-refractivity contribution is -0.123. The molecule has 0 saturated carbocycles.